The lowest BCUT2D eigenvalue weighted by molar-refractivity contribution is 0.0697. The molecule has 0 aromatic heterocycles. The molecule has 1 aliphatic heterocycles. The number of hydrogen-bond donors (Lipinski definition) is 2. The number of aromatic carboxylic acids is 1. The van der Waals surface area contributed by atoms with Gasteiger partial charge in [-0.2, -0.15) is 0 Å². The van der Waals surface area contributed by atoms with E-state index in [1.54, 1.807) is 42.9 Å². The highest BCUT2D eigenvalue weighted by Gasteiger charge is 1.96. The van der Waals surface area contributed by atoms with Crippen molar-refractivity contribution in [1.82, 2.24) is 5.32 Å². The van der Waals surface area contributed by atoms with Gasteiger partial charge in [-0.15, -0.1) is 0 Å². The van der Waals surface area contributed by atoms with Gasteiger partial charge in [0.25, 0.3) is 0 Å². The molecule has 4 heteroatoms. The van der Waals surface area contributed by atoms with Crippen LogP contribution in [0.5, 0.6) is 0 Å². The van der Waals surface area contributed by atoms with Crippen LogP contribution >= 0.6 is 0 Å². The molecule has 16 heavy (non-hydrogen) atoms. The Balaban J connectivity index is 0.000000165. The summed E-state index contributed by atoms with van der Waals surface area (Å²) < 4.78 is 0. The molecule has 0 aliphatic carbocycles. The average Bonchev–Trinajstić information content (AvgIpc) is 2.63. The van der Waals surface area contributed by atoms with Crippen molar-refractivity contribution < 1.29 is 9.90 Å². The normalized spacial score (nSPS) is 12.0. The number of carbonyl (C=O) groups is 1. The molecule has 0 unspecified atom stereocenters. The fourth-order valence-electron chi connectivity index (χ4n) is 0.920. The van der Waals surface area contributed by atoms with E-state index in [0.717, 1.165) is 0 Å². The van der Waals surface area contributed by atoms with Gasteiger partial charge < -0.3 is 10.4 Å². The number of carboxylic acid groups (broad SMARTS) is 1. The molecule has 1 aliphatic rings. The zero-order chi connectivity index (χ0) is 11.6. The predicted octanol–water partition coefficient (Wildman–Crippen LogP) is 2.03. The van der Waals surface area contributed by atoms with Gasteiger partial charge in [0.05, 0.1) is 11.9 Å². The molecule has 0 amide bonds. The summed E-state index contributed by atoms with van der Waals surface area (Å²) in [5.41, 5.74) is 0.331. The van der Waals surface area contributed by atoms with E-state index < -0.39 is 5.97 Å². The smallest absolute Gasteiger partial charge is 0.335 e. The van der Waals surface area contributed by atoms with Gasteiger partial charge in [-0.05, 0) is 24.3 Å². The van der Waals surface area contributed by atoms with E-state index in [4.69, 9.17) is 5.11 Å². The standard InChI is InChI=1S/C7H6O2.C5H6N2/c8-7(9)6-4-2-1-3-5-6;1-2-4-7-5-6-3-1/h1-5H,(H,8,9);1-5H,(H,6,7). The van der Waals surface area contributed by atoms with Gasteiger partial charge in [0, 0.05) is 12.4 Å². The Morgan fingerprint density at radius 3 is 2.56 bits per heavy atom. The zero-order valence-electron chi connectivity index (χ0n) is 8.58. The molecule has 0 saturated carbocycles. The Labute approximate surface area is 93.6 Å². The fraction of sp³-hybridized carbons (Fsp3) is 0. The van der Waals surface area contributed by atoms with E-state index in [-0.39, 0.29) is 0 Å². The number of rotatable bonds is 1. The second kappa shape index (κ2) is 7.00. The summed E-state index contributed by atoms with van der Waals surface area (Å²) in [7, 11) is 0. The van der Waals surface area contributed by atoms with E-state index >= 15 is 0 Å². The fourth-order valence-corrected chi connectivity index (χ4v) is 0.920. The molecule has 2 N–H and O–H groups in total. The molecule has 0 fully saturated rings. The van der Waals surface area contributed by atoms with Crippen LogP contribution in [0, 0.1) is 0 Å². The number of allylic oxidation sites excluding steroid dienone is 2. The number of benzene rings is 1. The van der Waals surface area contributed by atoms with E-state index in [9.17, 15) is 4.79 Å². The largest absolute Gasteiger partial charge is 0.478 e. The monoisotopic (exact) mass is 216 g/mol. The molecule has 1 aromatic rings. The summed E-state index contributed by atoms with van der Waals surface area (Å²) in [4.78, 5) is 14.0. The summed E-state index contributed by atoms with van der Waals surface area (Å²) in [6.45, 7) is 0. The molecule has 0 bridgehead atoms. The number of nitrogens with zero attached hydrogens (tertiary/aromatic N) is 1. The average molecular weight is 216 g/mol. The molecular weight excluding hydrogens is 204 g/mol. The lowest BCUT2D eigenvalue weighted by Gasteiger charge is -1.88. The third kappa shape index (κ3) is 4.76. The Morgan fingerprint density at radius 2 is 1.94 bits per heavy atom. The van der Waals surface area contributed by atoms with Gasteiger partial charge in [0.2, 0.25) is 0 Å². The van der Waals surface area contributed by atoms with E-state index in [1.807, 2.05) is 18.4 Å². The second-order valence-corrected chi connectivity index (χ2v) is 2.82. The first kappa shape index (κ1) is 11.7. The SMILES string of the molecule is C1=CN=CNC=C1.O=C(O)c1ccccc1. The van der Waals surface area contributed by atoms with Crippen molar-refractivity contribution in [3.05, 3.63) is 60.4 Å². The van der Waals surface area contributed by atoms with Gasteiger partial charge in [0.15, 0.2) is 0 Å². The lowest BCUT2D eigenvalue weighted by Crippen LogP contribution is -1.96. The van der Waals surface area contributed by atoms with Crippen LogP contribution in [0.15, 0.2) is 59.9 Å². The van der Waals surface area contributed by atoms with Gasteiger partial charge >= 0.3 is 5.97 Å². The zero-order valence-corrected chi connectivity index (χ0v) is 8.58. The van der Waals surface area contributed by atoms with E-state index in [0.29, 0.717) is 5.56 Å². The first-order chi connectivity index (χ1) is 7.80. The van der Waals surface area contributed by atoms with Gasteiger partial charge in [0.1, 0.15) is 0 Å². The molecular formula is C12H12N2O2. The number of carboxylic acids is 1. The van der Waals surface area contributed by atoms with Crippen LogP contribution in [-0.4, -0.2) is 17.4 Å². The minimum absolute atomic E-state index is 0.331. The predicted molar refractivity (Wildman–Crippen MR) is 63.3 cm³/mol. The third-order valence-corrected chi connectivity index (χ3v) is 1.65. The summed E-state index contributed by atoms with van der Waals surface area (Å²) in [6.07, 6.45) is 8.90. The van der Waals surface area contributed by atoms with Crippen molar-refractivity contribution in [2.75, 3.05) is 0 Å². The Hall–Kier alpha value is -2.36. The minimum Gasteiger partial charge on any atom is -0.478 e. The number of hydrogen-bond acceptors (Lipinski definition) is 3. The van der Waals surface area contributed by atoms with Crippen LogP contribution < -0.4 is 5.32 Å². The molecule has 0 atom stereocenters. The van der Waals surface area contributed by atoms with Crippen molar-refractivity contribution in [2.45, 2.75) is 0 Å². The Bertz CT molecular complexity index is 394. The Kier molecular flexibility index (Phi) is 5.13. The summed E-state index contributed by atoms with van der Waals surface area (Å²) in [5, 5.41) is 11.2. The number of aliphatic imine (C=N–C) groups is 1. The summed E-state index contributed by atoms with van der Waals surface area (Å²) in [5.74, 6) is -0.879. The highest BCUT2D eigenvalue weighted by atomic mass is 16.4. The van der Waals surface area contributed by atoms with E-state index in [1.165, 1.54) is 0 Å². The van der Waals surface area contributed by atoms with Crippen LogP contribution in [0.3, 0.4) is 0 Å². The molecule has 0 radical (unpaired) electrons. The van der Waals surface area contributed by atoms with E-state index in [2.05, 4.69) is 10.3 Å². The van der Waals surface area contributed by atoms with Crippen molar-refractivity contribution in [1.29, 1.82) is 0 Å². The van der Waals surface area contributed by atoms with Crippen LogP contribution in [0.2, 0.25) is 0 Å². The highest BCUT2D eigenvalue weighted by Crippen LogP contribution is 1.96. The van der Waals surface area contributed by atoms with Gasteiger partial charge in [-0.3, -0.25) is 0 Å². The third-order valence-electron chi connectivity index (χ3n) is 1.65. The molecule has 1 heterocycles. The molecule has 2 rings (SSSR count). The summed E-state index contributed by atoms with van der Waals surface area (Å²) >= 11 is 0. The van der Waals surface area contributed by atoms with Crippen LogP contribution in [-0.2, 0) is 0 Å². The molecule has 0 saturated heterocycles. The maximum Gasteiger partial charge on any atom is 0.335 e. The Morgan fingerprint density at radius 1 is 1.19 bits per heavy atom. The van der Waals surface area contributed by atoms with Gasteiger partial charge in [-0.25, -0.2) is 9.79 Å². The van der Waals surface area contributed by atoms with Crippen molar-refractivity contribution in [2.24, 2.45) is 4.99 Å². The number of nitrogens with one attached hydrogen (secondary N) is 1. The van der Waals surface area contributed by atoms with Crippen LogP contribution in [0.25, 0.3) is 0 Å². The molecule has 1 aromatic carbocycles. The highest BCUT2D eigenvalue weighted by molar-refractivity contribution is 5.87. The maximum absolute atomic E-state index is 10.2. The topological polar surface area (TPSA) is 61.7 Å². The summed E-state index contributed by atoms with van der Waals surface area (Å²) in [6, 6.07) is 8.30. The molecule has 82 valence electrons. The van der Waals surface area contributed by atoms with Crippen LogP contribution in [0.1, 0.15) is 10.4 Å². The first-order valence-electron chi connectivity index (χ1n) is 4.68. The maximum atomic E-state index is 10.2. The molecule has 4 nitrogen and oxygen atoms in total. The second-order valence-electron chi connectivity index (χ2n) is 2.82. The minimum atomic E-state index is -0.879. The molecule has 0 spiro atoms. The van der Waals surface area contributed by atoms with Gasteiger partial charge in [-0.1, -0.05) is 18.2 Å². The lowest BCUT2D eigenvalue weighted by atomic mass is 10.2. The van der Waals surface area contributed by atoms with Crippen molar-refractivity contribution in [3.8, 4) is 0 Å². The van der Waals surface area contributed by atoms with Crippen molar-refractivity contribution >= 4 is 12.3 Å². The van der Waals surface area contributed by atoms with Crippen LogP contribution in [0.4, 0.5) is 0 Å². The quantitative estimate of drug-likeness (QED) is 0.755. The van der Waals surface area contributed by atoms with Crippen molar-refractivity contribution in [3.63, 3.8) is 0 Å². The first-order valence-corrected chi connectivity index (χ1v) is 4.68.